The first-order chi connectivity index (χ1) is 10.4. The van der Waals surface area contributed by atoms with E-state index >= 15 is 0 Å². The summed E-state index contributed by atoms with van der Waals surface area (Å²) in [7, 11) is 0. The third kappa shape index (κ3) is 2.95. The van der Waals surface area contributed by atoms with Gasteiger partial charge in [0.05, 0.1) is 25.4 Å². The van der Waals surface area contributed by atoms with E-state index in [1.54, 1.807) is 0 Å². The SMILES string of the molecule is CC1(C)[C@H]2CC[C@]1(C)[C@H](OCC[C@H](O)CN1CCOCC1)C2. The maximum atomic E-state index is 10.2. The predicted molar refractivity (Wildman–Crippen MR) is 86.9 cm³/mol. The van der Waals surface area contributed by atoms with Crippen LogP contribution in [0.3, 0.4) is 0 Å². The molecule has 4 heteroatoms. The molecule has 2 bridgehead atoms. The van der Waals surface area contributed by atoms with Gasteiger partial charge < -0.3 is 14.6 Å². The van der Waals surface area contributed by atoms with Gasteiger partial charge in [-0.15, -0.1) is 0 Å². The Hall–Kier alpha value is -0.160. The predicted octanol–water partition coefficient (Wildman–Crippen LogP) is 2.30. The van der Waals surface area contributed by atoms with Crippen LogP contribution in [0.25, 0.3) is 0 Å². The molecule has 1 heterocycles. The van der Waals surface area contributed by atoms with Crippen LogP contribution < -0.4 is 0 Å². The fourth-order valence-corrected chi connectivity index (χ4v) is 4.90. The molecule has 0 spiro atoms. The van der Waals surface area contributed by atoms with Gasteiger partial charge in [0.25, 0.3) is 0 Å². The number of nitrogens with zero attached hydrogens (tertiary/aromatic N) is 1. The second-order valence-corrected chi connectivity index (χ2v) is 8.33. The van der Waals surface area contributed by atoms with Crippen LogP contribution in [-0.4, -0.2) is 61.7 Å². The molecule has 1 N–H and O–H groups in total. The van der Waals surface area contributed by atoms with Crippen LogP contribution in [0, 0.1) is 16.7 Å². The summed E-state index contributed by atoms with van der Waals surface area (Å²) in [5, 5.41) is 10.2. The van der Waals surface area contributed by atoms with Crippen molar-refractivity contribution in [2.45, 2.75) is 58.7 Å². The van der Waals surface area contributed by atoms with Crippen LogP contribution in [0.2, 0.25) is 0 Å². The Labute approximate surface area is 135 Å². The fraction of sp³-hybridized carbons (Fsp3) is 1.00. The zero-order valence-corrected chi connectivity index (χ0v) is 14.5. The number of hydrogen-bond acceptors (Lipinski definition) is 4. The first-order valence-electron chi connectivity index (χ1n) is 9.03. The van der Waals surface area contributed by atoms with E-state index in [-0.39, 0.29) is 6.10 Å². The molecule has 2 aliphatic carbocycles. The molecule has 3 aliphatic rings. The van der Waals surface area contributed by atoms with Crippen molar-refractivity contribution in [1.29, 1.82) is 0 Å². The van der Waals surface area contributed by atoms with Gasteiger partial charge in [-0.05, 0) is 42.4 Å². The highest BCUT2D eigenvalue weighted by Crippen LogP contribution is 2.66. The molecule has 0 radical (unpaired) electrons. The molecule has 0 aromatic heterocycles. The molecular weight excluding hydrogens is 278 g/mol. The van der Waals surface area contributed by atoms with Crippen molar-refractivity contribution in [3.63, 3.8) is 0 Å². The fourth-order valence-electron chi connectivity index (χ4n) is 4.90. The number of rotatable bonds is 6. The molecule has 0 aromatic rings. The lowest BCUT2D eigenvalue weighted by atomic mass is 9.70. The smallest absolute Gasteiger partial charge is 0.0689 e. The number of fused-ring (bicyclic) bond motifs is 2. The highest BCUT2D eigenvalue weighted by atomic mass is 16.5. The third-order valence-electron chi connectivity index (χ3n) is 7.06. The van der Waals surface area contributed by atoms with E-state index in [1.165, 1.54) is 19.3 Å². The first kappa shape index (κ1) is 16.7. The summed E-state index contributed by atoms with van der Waals surface area (Å²) in [5.74, 6) is 0.820. The summed E-state index contributed by atoms with van der Waals surface area (Å²) in [5.41, 5.74) is 0.733. The topological polar surface area (TPSA) is 41.9 Å². The lowest BCUT2D eigenvalue weighted by Crippen LogP contribution is -2.41. The minimum Gasteiger partial charge on any atom is -0.392 e. The van der Waals surface area contributed by atoms with Crippen LogP contribution in [0.5, 0.6) is 0 Å². The second-order valence-electron chi connectivity index (χ2n) is 8.33. The molecule has 3 fully saturated rings. The van der Waals surface area contributed by atoms with Crippen molar-refractivity contribution >= 4 is 0 Å². The Kier molecular flexibility index (Phi) is 4.84. The summed E-state index contributed by atoms with van der Waals surface area (Å²) in [6, 6.07) is 0. The van der Waals surface area contributed by atoms with Crippen molar-refractivity contribution in [3.05, 3.63) is 0 Å². The van der Waals surface area contributed by atoms with Crippen molar-refractivity contribution in [2.75, 3.05) is 39.5 Å². The molecule has 0 aromatic carbocycles. The largest absolute Gasteiger partial charge is 0.392 e. The number of aliphatic hydroxyl groups excluding tert-OH is 1. The summed E-state index contributed by atoms with van der Waals surface area (Å²) < 4.78 is 11.6. The van der Waals surface area contributed by atoms with Crippen molar-refractivity contribution < 1.29 is 14.6 Å². The molecule has 4 atom stereocenters. The van der Waals surface area contributed by atoms with Crippen LogP contribution in [0.15, 0.2) is 0 Å². The molecule has 0 unspecified atom stereocenters. The van der Waals surface area contributed by atoms with Crippen molar-refractivity contribution in [3.8, 4) is 0 Å². The van der Waals surface area contributed by atoms with Gasteiger partial charge in [-0.2, -0.15) is 0 Å². The summed E-state index contributed by atoms with van der Waals surface area (Å²) >= 11 is 0. The zero-order chi connectivity index (χ0) is 15.8. The lowest BCUT2D eigenvalue weighted by Gasteiger charge is -2.39. The maximum Gasteiger partial charge on any atom is 0.0689 e. The molecule has 128 valence electrons. The zero-order valence-electron chi connectivity index (χ0n) is 14.5. The third-order valence-corrected chi connectivity index (χ3v) is 7.06. The number of ether oxygens (including phenoxy) is 2. The van der Waals surface area contributed by atoms with Crippen molar-refractivity contribution in [2.24, 2.45) is 16.7 Å². The van der Waals surface area contributed by atoms with E-state index in [1.807, 2.05) is 0 Å². The molecule has 4 nitrogen and oxygen atoms in total. The van der Waals surface area contributed by atoms with Crippen molar-refractivity contribution in [1.82, 2.24) is 4.90 Å². The van der Waals surface area contributed by atoms with Gasteiger partial charge in [0.15, 0.2) is 0 Å². The van der Waals surface area contributed by atoms with Gasteiger partial charge in [0, 0.05) is 26.2 Å². The Morgan fingerprint density at radius 3 is 2.59 bits per heavy atom. The normalized spacial score (nSPS) is 39.3. The molecular formula is C18H33NO3. The van der Waals surface area contributed by atoms with Gasteiger partial charge in [0.2, 0.25) is 0 Å². The Balaban J connectivity index is 1.40. The van der Waals surface area contributed by atoms with Crippen LogP contribution in [0.4, 0.5) is 0 Å². The quantitative estimate of drug-likeness (QED) is 0.817. The monoisotopic (exact) mass is 311 g/mol. The number of morpholine rings is 1. The van der Waals surface area contributed by atoms with Gasteiger partial charge in [-0.3, -0.25) is 4.90 Å². The molecule has 22 heavy (non-hydrogen) atoms. The van der Waals surface area contributed by atoms with E-state index in [9.17, 15) is 5.11 Å². The minimum absolute atomic E-state index is 0.280. The maximum absolute atomic E-state index is 10.2. The van der Waals surface area contributed by atoms with Crippen LogP contribution >= 0.6 is 0 Å². The van der Waals surface area contributed by atoms with E-state index in [2.05, 4.69) is 25.7 Å². The molecule has 3 rings (SSSR count). The summed E-state index contributed by atoms with van der Waals surface area (Å²) in [4.78, 5) is 2.29. The number of β-amino-alcohol motifs (C(OH)–C–C–N with tert-alkyl or cyclic N) is 1. The standard InChI is InChI=1S/C18H33NO3/c1-17(2)14-4-6-18(17,3)16(12-14)22-9-5-15(20)13-19-7-10-21-11-8-19/h14-16,20H,4-13H2,1-3H3/t14-,15-,16+,18+/m0/s1. The van der Waals surface area contributed by atoms with E-state index in [0.717, 1.165) is 45.2 Å². The summed E-state index contributed by atoms with van der Waals surface area (Å²) in [6.45, 7) is 12.2. The lowest BCUT2D eigenvalue weighted by molar-refractivity contribution is -0.0583. The average Bonchev–Trinajstić information content (AvgIpc) is 2.81. The van der Waals surface area contributed by atoms with Gasteiger partial charge in [0.1, 0.15) is 0 Å². The molecule has 2 saturated carbocycles. The van der Waals surface area contributed by atoms with E-state index in [4.69, 9.17) is 9.47 Å². The highest BCUT2D eigenvalue weighted by molar-refractivity contribution is 5.11. The van der Waals surface area contributed by atoms with Gasteiger partial charge in [-0.1, -0.05) is 20.8 Å². The van der Waals surface area contributed by atoms with E-state index in [0.29, 0.717) is 23.5 Å². The number of hydrogen-bond donors (Lipinski definition) is 1. The second kappa shape index (κ2) is 6.39. The minimum atomic E-state index is -0.280. The van der Waals surface area contributed by atoms with Gasteiger partial charge in [-0.25, -0.2) is 0 Å². The Bertz CT molecular complexity index is 381. The van der Waals surface area contributed by atoms with E-state index < -0.39 is 0 Å². The highest BCUT2D eigenvalue weighted by Gasteiger charge is 2.61. The first-order valence-corrected chi connectivity index (χ1v) is 9.03. The summed E-state index contributed by atoms with van der Waals surface area (Å²) in [6.07, 6.45) is 4.72. The molecule has 1 aliphatic heterocycles. The molecule has 0 amide bonds. The Morgan fingerprint density at radius 2 is 2.00 bits per heavy atom. The van der Waals surface area contributed by atoms with Crippen LogP contribution in [-0.2, 0) is 9.47 Å². The molecule has 1 saturated heterocycles. The Morgan fingerprint density at radius 1 is 1.27 bits per heavy atom. The average molecular weight is 311 g/mol. The van der Waals surface area contributed by atoms with Gasteiger partial charge >= 0.3 is 0 Å². The van der Waals surface area contributed by atoms with Crippen LogP contribution in [0.1, 0.15) is 46.5 Å². The number of aliphatic hydroxyl groups is 1.